The van der Waals surface area contributed by atoms with Gasteiger partial charge in [0.15, 0.2) is 17.2 Å². The van der Waals surface area contributed by atoms with Crippen LogP contribution in [0.25, 0.3) is 0 Å². The monoisotopic (exact) mass is 326 g/mol. The molecule has 7 heteroatoms. The average Bonchev–Trinajstić information content (AvgIpc) is 3.01. The van der Waals surface area contributed by atoms with Crippen LogP contribution in [-0.2, 0) is 16.2 Å². The second kappa shape index (κ2) is 6.51. The fourth-order valence-electron chi connectivity index (χ4n) is 3.15. The molecular weight excluding hydrogens is 306 g/mol. The van der Waals surface area contributed by atoms with Crippen LogP contribution in [0.4, 0.5) is 8.78 Å². The Balaban J connectivity index is 1.72. The highest BCUT2D eigenvalue weighted by molar-refractivity contribution is 5.86. The molecule has 2 fully saturated rings. The van der Waals surface area contributed by atoms with Crippen LogP contribution in [0.3, 0.4) is 0 Å². The normalized spacial score (nSPS) is 26.0. The van der Waals surface area contributed by atoms with Gasteiger partial charge in [0.1, 0.15) is 0 Å². The zero-order chi connectivity index (χ0) is 16.4. The third kappa shape index (κ3) is 3.36. The van der Waals surface area contributed by atoms with Gasteiger partial charge in [-0.2, -0.15) is 5.06 Å². The molecule has 2 heterocycles. The number of hydrogen-bond acceptors (Lipinski definition) is 4. The van der Waals surface area contributed by atoms with Crippen LogP contribution in [0.5, 0.6) is 0 Å². The maximum Gasteiger partial charge on any atom is 0.256 e. The van der Waals surface area contributed by atoms with E-state index in [2.05, 4.69) is 0 Å². The summed E-state index contributed by atoms with van der Waals surface area (Å²) >= 11 is 0. The Kier molecular flexibility index (Phi) is 4.61. The van der Waals surface area contributed by atoms with E-state index >= 15 is 0 Å². The number of hydroxylamine groups is 2. The SMILES string of the molecule is O=C1N(Cc2cccc(F)c2F)CCC[C@]1(O)CN1CCCO1. The lowest BCUT2D eigenvalue weighted by molar-refractivity contribution is -0.182. The molecule has 2 aliphatic rings. The van der Waals surface area contributed by atoms with Crippen LogP contribution < -0.4 is 0 Å². The van der Waals surface area contributed by atoms with Gasteiger partial charge in [0, 0.05) is 25.2 Å². The number of carbonyl (C=O) groups is 1. The van der Waals surface area contributed by atoms with E-state index in [0.29, 0.717) is 32.5 Å². The summed E-state index contributed by atoms with van der Waals surface area (Å²) in [6.45, 7) is 1.73. The van der Waals surface area contributed by atoms with E-state index in [0.717, 1.165) is 12.5 Å². The first-order valence-corrected chi connectivity index (χ1v) is 7.82. The highest BCUT2D eigenvalue weighted by Gasteiger charge is 2.44. The number of rotatable bonds is 4. The fourth-order valence-corrected chi connectivity index (χ4v) is 3.15. The van der Waals surface area contributed by atoms with Gasteiger partial charge in [-0.1, -0.05) is 12.1 Å². The quantitative estimate of drug-likeness (QED) is 0.910. The number of nitrogens with zero attached hydrogens (tertiary/aromatic N) is 2. The summed E-state index contributed by atoms with van der Waals surface area (Å²) in [7, 11) is 0. The molecule has 0 radical (unpaired) electrons. The van der Waals surface area contributed by atoms with Gasteiger partial charge < -0.3 is 10.0 Å². The van der Waals surface area contributed by atoms with Gasteiger partial charge in [-0.05, 0) is 25.3 Å². The number of amides is 1. The first kappa shape index (κ1) is 16.3. The molecule has 126 valence electrons. The van der Waals surface area contributed by atoms with Gasteiger partial charge in [-0.15, -0.1) is 0 Å². The molecule has 0 aliphatic carbocycles. The Morgan fingerprint density at radius 1 is 1.26 bits per heavy atom. The van der Waals surface area contributed by atoms with Gasteiger partial charge >= 0.3 is 0 Å². The Morgan fingerprint density at radius 2 is 2.09 bits per heavy atom. The maximum absolute atomic E-state index is 13.8. The van der Waals surface area contributed by atoms with Crippen molar-refractivity contribution in [2.75, 3.05) is 26.2 Å². The minimum atomic E-state index is -1.54. The van der Waals surface area contributed by atoms with Crippen molar-refractivity contribution < 1.29 is 23.5 Å². The molecule has 1 atom stereocenters. The summed E-state index contributed by atoms with van der Waals surface area (Å²) in [5.41, 5.74) is -1.42. The zero-order valence-corrected chi connectivity index (χ0v) is 12.8. The lowest BCUT2D eigenvalue weighted by Gasteiger charge is -2.39. The van der Waals surface area contributed by atoms with E-state index in [-0.39, 0.29) is 18.7 Å². The lowest BCUT2D eigenvalue weighted by atomic mass is 9.91. The minimum absolute atomic E-state index is 0.0500. The molecule has 1 aromatic carbocycles. The molecule has 2 saturated heterocycles. The highest BCUT2D eigenvalue weighted by Crippen LogP contribution is 2.27. The number of benzene rings is 1. The van der Waals surface area contributed by atoms with Crippen LogP contribution in [0.2, 0.25) is 0 Å². The Bertz CT molecular complexity index is 593. The fraction of sp³-hybridized carbons (Fsp3) is 0.562. The molecule has 3 rings (SSSR count). The minimum Gasteiger partial charge on any atom is -0.379 e. The van der Waals surface area contributed by atoms with Gasteiger partial charge in [-0.3, -0.25) is 9.63 Å². The summed E-state index contributed by atoms with van der Waals surface area (Å²) in [6, 6.07) is 3.90. The Morgan fingerprint density at radius 3 is 2.83 bits per heavy atom. The molecule has 0 bridgehead atoms. The molecule has 1 aromatic rings. The van der Waals surface area contributed by atoms with E-state index in [1.54, 1.807) is 5.06 Å². The van der Waals surface area contributed by atoms with Gasteiger partial charge in [0.05, 0.1) is 13.2 Å². The van der Waals surface area contributed by atoms with Crippen LogP contribution in [0.1, 0.15) is 24.8 Å². The molecule has 0 aromatic heterocycles. The van der Waals surface area contributed by atoms with E-state index in [9.17, 15) is 18.7 Å². The second-order valence-corrected chi connectivity index (χ2v) is 6.13. The van der Waals surface area contributed by atoms with Crippen molar-refractivity contribution in [1.29, 1.82) is 0 Å². The van der Waals surface area contributed by atoms with Crippen molar-refractivity contribution >= 4 is 5.91 Å². The highest BCUT2D eigenvalue weighted by atomic mass is 19.2. The second-order valence-electron chi connectivity index (χ2n) is 6.13. The zero-order valence-electron chi connectivity index (χ0n) is 12.8. The summed E-state index contributed by atoms with van der Waals surface area (Å²) < 4.78 is 27.1. The number of piperidine rings is 1. The summed E-state index contributed by atoms with van der Waals surface area (Å²) in [4.78, 5) is 19.4. The van der Waals surface area contributed by atoms with E-state index in [1.165, 1.54) is 17.0 Å². The first-order chi connectivity index (χ1) is 11.0. The van der Waals surface area contributed by atoms with Crippen molar-refractivity contribution in [2.45, 2.75) is 31.4 Å². The standard InChI is InChI=1S/C16H20F2N2O3/c17-13-5-1-4-12(14(13)18)10-19-7-2-6-16(22,15(19)21)11-20-8-3-9-23-20/h1,4-5,22H,2-3,6-11H2/t16-/m0/s1. The maximum atomic E-state index is 13.8. The summed E-state index contributed by atoms with van der Waals surface area (Å²) in [5, 5.41) is 12.3. The molecule has 5 nitrogen and oxygen atoms in total. The van der Waals surface area contributed by atoms with Crippen molar-refractivity contribution in [3.05, 3.63) is 35.4 Å². The van der Waals surface area contributed by atoms with Crippen molar-refractivity contribution in [1.82, 2.24) is 9.96 Å². The number of aliphatic hydroxyl groups is 1. The smallest absolute Gasteiger partial charge is 0.256 e. The predicted octanol–water partition coefficient (Wildman–Crippen LogP) is 1.46. The van der Waals surface area contributed by atoms with Crippen molar-refractivity contribution in [2.24, 2.45) is 0 Å². The van der Waals surface area contributed by atoms with Crippen LogP contribution in [0.15, 0.2) is 18.2 Å². The lowest BCUT2D eigenvalue weighted by Crippen LogP contribution is -2.57. The molecular formula is C16H20F2N2O3. The first-order valence-electron chi connectivity index (χ1n) is 7.82. The summed E-state index contributed by atoms with van der Waals surface area (Å²) in [5.74, 6) is -2.34. The predicted molar refractivity (Wildman–Crippen MR) is 78.1 cm³/mol. The van der Waals surface area contributed by atoms with Gasteiger partial charge in [0.2, 0.25) is 0 Å². The molecule has 1 N–H and O–H groups in total. The number of carbonyl (C=O) groups excluding carboxylic acids is 1. The van der Waals surface area contributed by atoms with Crippen LogP contribution >= 0.6 is 0 Å². The van der Waals surface area contributed by atoms with Crippen LogP contribution in [-0.4, -0.2) is 52.8 Å². The number of likely N-dealkylation sites (tertiary alicyclic amines) is 1. The van der Waals surface area contributed by atoms with Gasteiger partial charge in [0.25, 0.3) is 5.91 Å². The van der Waals surface area contributed by atoms with E-state index in [1.807, 2.05) is 0 Å². The number of β-amino-alcohol motifs (C(OH)–C–C–N with tert-alkyl or cyclic N) is 1. The molecule has 0 spiro atoms. The van der Waals surface area contributed by atoms with Crippen molar-refractivity contribution in [3.63, 3.8) is 0 Å². The van der Waals surface area contributed by atoms with E-state index < -0.39 is 23.1 Å². The average molecular weight is 326 g/mol. The topological polar surface area (TPSA) is 53.0 Å². The number of hydrogen-bond donors (Lipinski definition) is 1. The van der Waals surface area contributed by atoms with Crippen LogP contribution in [0, 0.1) is 11.6 Å². The molecule has 0 saturated carbocycles. The molecule has 2 aliphatic heterocycles. The molecule has 0 unspecified atom stereocenters. The molecule has 23 heavy (non-hydrogen) atoms. The number of halogens is 2. The van der Waals surface area contributed by atoms with E-state index in [4.69, 9.17) is 4.84 Å². The van der Waals surface area contributed by atoms with Gasteiger partial charge in [-0.25, -0.2) is 8.78 Å². The Hall–Kier alpha value is -1.57. The van der Waals surface area contributed by atoms with Crippen molar-refractivity contribution in [3.8, 4) is 0 Å². The summed E-state index contributed by atoms with van der Waals surface area (Å²) in [6.07, 6.45) is 1.81. The third-order valence-corrected chi connectivity index (χ3v) is 4.36. The third-order valence-electron chi connectivity index (χ3n) is 4.36. The Labute approximate surface area is 133 Å². The molecule has 1 amide bonds. The largest absolute Gasteiger partial charge is 0.379 e.